The molecule has 0 amide bonds. The molecule has 0 rings (SSSR count). The highest BCUT2D eigenvalue weighted by Gasteiger charge is 1.44. The van der Waals surface area contributed by atoms with Crippen LogP contribution in [0.5, 0.6) is 0 Å². The first-order valence-electron chi connectivity index (χ1n) is 0.535. The highest BCUT2D eigenvalue weighted by Crippen LogP contribution is 1.56. The first kappa shape index (κ1) is 9.17. The van der Waals surface area contributed by atoms with Crippen LogP contribution in [0.2, 0.25) is 0 Å². The van der Waals surface area contributed by atoms with Crippen molar-refractivity contribution in [3.8, 4) is 0 Å². The molecule has 0 aliphatic heterocycles. The molecule has 0 unspecified atom stereocenters. The minimum atomic E-state index is -1.75. The predicted octanol–water partition coefficient (Wildman–Crippen LogP) is 0.0582. The summed E-state index contributed by atoms with van der Waals surface area (Å²) in [6.07, 6.45) is 0. The molecule has 0 aliphatic carbocycles. The summed E-state index contributed by atoms with van der Waals surface area (Å²) in [7, 11) is 0. The lowest BCUT2D eigenvalue weighted by molar-refractivity contribution is 0.295. The SMILES string of the molecule is FCF.O. The summed E-state index contributed by atoms with van der Waals surface area (Å²) < 4.78 is 19.2. The summed E-state index contributed by atoms with van der Waals surface area (Å²) in [5.74, 6) is 0. The fourth-order valence-corrected chi connectivity index (χ4v) is 0. The monoisotopic (exact) mass is 70.0 g/mol. The maximum atomic E-state index is 9.62. The van der Waals surface area contributed by atoms with Crippen LogP contribution in [0.4, 0.5) is 8.78 Å². The summed E-state index contributed by atoms with van der Waals surface area (Å²) >= 11 is 0. The van der Waals surface area contributed by atoms with Crippen molar-refractivity contribution in [2.75, 3.05) is 6.93 Å². The first-order chi connectivity index (χ1) is 1.41. The zero-order valence-corrected chi connectivity index (χ0v) is 1.96. The van der Waals surface area contributed by atoms with Gasteiger partial charge in [-0.15, -0.1) is 0 Å². The molecule has 0 radical (unpaired) electrons. The van der Waals surface area contributed by atoms with Gasteiger partial charge in [-0.1, -0.05) is 0 Å². The van der Waals surface area contributed by atoms with Crippen molar-refractivity contribution in [2.24, 2.45) is 0 Å². The largest absolute Gasteiger partial charge is 0.412 e. The summed E-state index contributed by atoms with van der Waals surface area (Å²) in [4.78, 5) is 0. The standard InChI is InChI=1S/CH2F2.H2O/c2-1-3;/h1H2;1H2. The number of halogens is 2. The summed E-state index contributed by atoms with van der Waals surface area (Å²) in [6.45, 7) is -1.75. The van der Waals surface area contributed by atoms with Crippen LogP contribution in [0.1, 0.15) is 0 Å². The van der Waals surface area contributed by atoms with Crippen molar-refractivity contribution < 1.29 is 14.3 Å². The Morgan fingerprint density at radius 3 is 1.25 bits per heavy atom. The molecule has 3 heteroatoms. The lowest BCUT2D eigenvalue weighted by Gasteiger charge is -1.42. The number of hydrogen-bond donors (Lipinski definition) is 0. The normalized spacial score (nSPS) is 4.50. The van der Waals surface area contributed by atoms with Crippen LogP contribution in [-0.4, -0.2) is 12.4 Å². The van der Waals surface area contributed by atoms with Gasteiger partial charge in [0, 0.05) is 0 Å². The molecule has 4 heavy (non-hydrogen) atoms. The average Bonchev–Trinajstić information content (AvgIpc) is 0.918. The van der Waals surface area contributed by atoms with Crippen molar-refractivity contribution >= 4 is 0 Å². The van der Waals surface area contributed by atoms with Crippen molar-refractivity contribution in [2.45, 2.75) is 0 Å². The van der Waals surface area contributed by atoms with Crippen LogP contribution in [0, 0.1) is 0 Å². The van der Waals surface area contributed by atoms with Gasteiger partial charge >= 0.3 is 0 Å². The predicted molar refractivity (Wildman–Crippen MR) is 10.7 cm³/mol. The van der Waals surface area contributed by atoms with Gasteiger partial charge in [0.2, 0.25) is 6.93 Å². The molecule has 0 aromatic carbocycles. The molecule has 0 fully saturated rings. The van der Waals surface area contributed by atoms with Gasteiger partial charge in [0.25, 0.3) is 0 Å². The van der Waals surface area contributed by atoms with E-state index in [-0.39, 0.29) is 5.48 Å². The number of hydrogen-bond acceptors (Lipinski definition) is 0. The van der Waals surface area contributed by atoms with Crippen LogP contribution in [0.25, 0.3) is 0 Å². The van der Waals surface area contributed by atoms with Crippen LogP contribution >= 0.6 is 0 Å². The Morgan fingerprint density at radius 2 is 1.25 bits per heavy atom. The van der Waals surface area contributed by atoms with Crippen molar-refractivity contribution in [3.63, 3.8) is 0 Å². The topological polar surface area (TPSA) is 31.5 Å². The zero-order chi connectivity index (χ0) is 2.71. The molecule has 0 aromatic heterocycles. The Kier molecular flexibility index (Phi) is 31.9. The van der Waals surface area contributed by atoms with Crippen LogP contribution in [0.3, 0.4) is 0 Å². The van der Waals surface area contributed by atoms with Gasteiger partial charge in [-0.05, 0) is 0 Å². The minimum Gasteiger partial charge on any atom is -0.412 e. The Hall–Kier alpha value is -0.180. The van der Waals surface area contributed by atoms with E-state index in [2.05, 4.69) is 0 Å². The smallest absolute Gasteiger partial charge is 0.229 e. The van der Waals surface area contributed by atoms with Gasteiger partial charge in [-0.25, -0.2) is 8.78 Å². The molecule has 0 bridgehead atoms. The Morgan fingerprint density at radius 1 is 1.25 bits per heavy atom. The first-order valence-corrected chi connectivity index (χ1v) is 0.535. The lowest BCUT2D eigenvalue weighted by atomic mass is 11.7. The third-order valence-electron chi connectivity index (χ3n) is 0. The average molecular weight is 70.0 g/mol. The Balaban J connectivity index is 0. The van der Waals surface area contributed by atoms with E-state index in [9.17, 15) is 8.78 Å². The van der Waals surface area contributed by atoms with Crippen LogP contribution in [-0.2, 0) is 0 Å². The number of rotatable bonds is 0. The van der Waals surface area contributed by atoms with E-state index < -0.39 is 6.93 Å². The maximum absolute atomic E-state index is 9.62. The third kappa shape index (κ3) is 37.8. The second-order valence-corrected chi connectivity index (χ2v) is 0.101. The van der Waals surface area contributed by atoms with Crippen LogP contribution in [0.15, 0.2) is 0 Å². The van der Waals surface area contributed by atoms with Crippen LogP contribution < -0.4 is 0 Å². The van der Waals surface area contributed by atoms with Gasteiger partial charge in [0.15, 0.2) is 0 Å². The summed E-state index contributed by atoms with van der Waals surface area (Å²) in [5, 5.41) is 0. The summed E-state index contributed by atoms with van der Waals surface area (Å²) in [5.41, 5.74) is 0. The highest BCUT2D eigenvalue weighted by atomic mass is 19.3. The van der Waals surface area contributed by atoms with E-state index in [0.29, 0.717) is 0 Å². The zero-order valence-electron chi connectivity index (χ0n) is 1.96. The van der Waals surface area contributed by atoms with Crippen molar-refractivity contribution in [1.29, 1.82) is 0 Å². The second kappa shape index (κ2) is 13.9. The van der Waals surface area contributed by atoms with Crippen molar-refractivity contribution in [1.82, 2.24) is 0 Å². The molecule has 0 saturated heterocycles. The fraction of sp³-hybridized carbons (Fsp3) is 1.00. The molecule has 0 heterocycles. The maximum Gasteiger partial charge on any atom is 0.229 e. The van der Waals surface area contributed by atoms with Gasteiger partial charge in [-0.3, -0.25) is 0 Å². The van der Waals surface area contributed by atoms with Gasteiger partial charge in [0.1, 0.15) is 0 Å². The lowest BCUT2D eigenvalue weighted by Crippen LogP contribution is -1.34. The second-order valence-electron chi connectivity index (χ2n) is 0.101. The van der Waals surface area contributed by atoms with E-state index in [0.717, 1.165) is 0 Å². The molecular formula is CH4F2O. The molecule has 0 atom stereocenters. The van der Waals surface area contributed by atoms with E-state index in [4.69, 9.17) is 0 Å². The van der Waals surface area contributed by atoms with E-state index in [1.165, 1.54) is 0 Å². The minimum absolute atomic E-state index is 0. The Labute approximate surface area is 22.6 Å². The van der Waals surface area contributed by atoms with E-state index in [1.54, 1.807) is 0 Å². The molecule has 0 aromatic rings. The molecular weight excluding hydrogens is 66.0 g/mol. The number of alkyl halides is 2. The van der Waals surface area contributed by atoms with Gasteiger partial charge in [0.05, 0.1) is 0 Å². The van der Waals surface area contributed by atoms with E-state index in [1.807, 2.05) is 0 Å². The van der Waals surface area contributed by atoms with Gasteiger partial charge in [-0.2, -0.15) is 0 Å². The highest BCUT2D eigenvalue weighted by molar-refractivity contribution is 3.57. The molecule has 28 valence electrons. The molecule has 1 nitrogen and oxygen atoms in total. The van der Waals surface area contributed by atoms with Gasteiger partial charge < -0.3 is 5.48 Å². The molecule has 2 N–H and O–H groups in total. The fourth-order valence-electron chi connectivity index (χ4n) is 0. The summed E-state index contributed by atoms with van der Waals surface area (Å²) in [6, 6.07) is 0. The van der Waals surface area contributed by atoms with E-state index >= 15 is 0 Å². The quantitative estimate of drug-likeness (QED) is 0.386. The molecule has 0 saturated carbocycles. The molecule has 0 spiro atoms. The third-order valence-corrected chi connectivity index (χ3v) is 0. The molecule has 0 aliphatic rings. The van der Waals surface area contributed by atoms with Crippen molar-refractivity contribution in [3.05, 3.63) is 0 Å². The Bertz CT molecular complexity index is 6.00.